The van der Waals surface area contributed by atoms with E-state index in [0.717, 1.165) is 52.4 Å². The summed E-state index contributed by atoms with van der Waals surface area (Å²) in [7, 11) is 0. The molecule has 0 spiro atoms. The van der Waals surface area contributed by atoms with Gasteiger partial charge in [-0.05, 0) is 20.3 Å². The number of piperazine rings is 1. The molecule has 1 unspecified atom stereocenters. The summed E-state index contributed by atoms with van der Waals surface area (Å²) < 4.78 is 5.34. The molecule has 0 bridgehead atoms. The molecule has 1 aliphatic heterocycles. The molecule has 1 saturated heterocycles. The zero-order valence-electron chi connectivity index (χ0n) is 11.7. The van der Waals surface area contributed by atoms with Gasteiger partial charge in [0.25, 0.3) is 0 Å². The fourth-order valence-corrected chi connectivity index (χ4v) is 2.07. The maximum atomic E-state index is 11.9. The monoisotopic (exact) mass is 257 g/mol. The highest BCUT2D eigenvalue weighted by Crippen LogP contribution is 2.05. The van der Waals surface area contributed by atoms with Crippen LogP contribution in [0.2, 0.25) is 0 Å². The smallest absolute Gasteiger partial charge is 0.222 e. The van der Waals surface area contributed by atoms with E-state index < -0.39 is 0 Å². The van der Waals surface area contributed by atoms with Crippen LogP contribution in [0.15, 0.2) is 0 Å². The van der Waals surface area contributed by atoms with Crippen LogP contribution in [-0.4, -0.2) is 67.7 Å². The van der Waals surface area contributed by atoms with Gasteiger partial charge in [0.15, 0.2) is 0 Å². The molecule has 1 fully saturated rings. The fourth-order valence-electron chi connectivity index (χ4n) is 2.07. The van der Waals surface area contributed by atoms with Crippen LogP contribution in [0.5, 0.6) is 0 Å². The van der Waals surface area contributed by atoms with E-state index in [1.54, 1.807) is 0 Å². The van der Waals surface area contributed by atoms with Crippen molar-refractivity contribution in [3.63, 3.8) is 0 Å². The van der Waals surface area contributed by atoms with Gasteiger partial charge in [0.05, 0.1) is 6.61 Å². The molecule has 0 aromatic rings. The molecule has 0 aliphatic carbocycles. The first-order valence-electron chi connectivity index (χ1n) is 6.97. The Balaban J connectivity index is 2.16. The van der Waals surface area contributed by atoms with E-state index in [2.05, 4.69) is 4.90 Å². The van der Waals surface area contributed by atoms with Crippen LogP contribution in [0.3, 0.4) is 0 Å². The van der Waals surface area contributed by atoms with Gasteiger partial charge in [-0.3, -0.25) is 9.69 Å². The molecule has 1 rings (SSSR count). The van der Waals surface area contributed by atoms with Gasteiger partial charge in [0, 0.05) is 51.8 Å². The molecule has 5 heteroatoms. The molecule has 0 aromatic heterocycles. The van der Waals surface area contributed by atoms with Gasteiger partial charge in [0.2, 0.25) is 5.91 Å². The van der Waals surface area contributed by atoms with Gasteiger partial charge < -0.3 is 15.4 Å². The molecule has 2 N–H and O–H groups in total. The molecule has 0 saturated carbocycles. The lowest BCUT2D eigenvalue weighted by Crippen LogP contribution is -2.49. The number of rotatable bonds is 7. The molecule has 106 valence electrons. The Morgan fingerprint density at radius 3 is 2.56 bits per heavy atom. The SMILES string of the molecule is CCOCCN1CCN(C(=O)CCC(C)N)CC1. The number of hydrogen-bond acceptors (Lipinski definition) is 4. The van der Waals surface area contributed by atoms with E-state index in [4.69, 9.17) is 10.5 Å². The second-order valence-corrected chi connectivity index (χ2v) is 4.94. The molecule has 1 heterocycles. The Hall–Kier alpha value is -0.650. The van der Waals surface area contributed by atoms with Crippen molar-refractivity contribution in [1.82, 2.24) is 9.80 Å². The largest absolute Gasteiger partial charge is 0.380 e. The second kappa shape index (κ2) is 8.45. The van der Waals surface area contributed by atoms with Gasteiger partial charge in [-0.25, -0.2) is 0 Å². The van der Waals surface area contributed by atoms with Gasteiger partial charge >= 0.3 is 0 Å². The normalized spacial score (nSPS) is 18.9. The quantitative estimate of drug-likeness (QED) is 0.666. The summed E-state index contributed by atoms with van der Waals surface area (Å²) in [4.78, 5) is 16.2. The van der Waals surface area contributed by atoms with Crippen LogP contribution in [0.4, 0.5) is 0 Å². The zero-order valence-corrected chi connectivity index (χ0v) is 11.7. The van der Waals surface area contributed by atoms with Crippen molar-refractivity contribution in [2.45, 2.75) is 32.7 Å². The van der Waals surface area contributed by atoms with Crippen LogP contribution in [0.25, 0.3) is 0 Å². The average molecular weight is 257 g/mol. The maximum Gasteiger partial charge on any atom is 0.222 e. The van der Waals surface area contributed by atoms with Crippen molar-refractivity contribution in [3.05, 3.63) is 0 Å². The zero-order chi connectivity index (χ0) is 13.4. The Morgan fingerprint density at radius 2 is 2.00 bits per heavy atom. The molecule has 1 aliphatic rings. The lowest BCUT2D eigenvalue weighted by Gasteiger charge is -2.34. The number of hydrogen-bond donors (Lipinski definition) is 1. The Morgan fingerprint density at radius 1 is 1.33 bits per heavy atom. The first-order valence-corrected chi connectivity index (χ1v) is 6.97. The van der Waals surface area contributed by atoms with Crippen LogP contribution in [-0.2, 0) is 9.53 Å². The minimum atomic E-state index is 0.112. The van der Waals surface area contributed by atoms with Crippen LogP contribution < -0.4 is 5.73 Å². The van der Waals surface area contributed by atoms with Gasteiger partial charge in [-0.2, -0.15) is 0 Å². The van der Waals surface area contributed by atoms with E-state index in [1.165, 1.54) is 0 Å². The lowest BCUT2D eigenvalue weighted by molar-refractivity contribution is -0.133. The Bertz CT molecular complexity index is 238. The number of amides is 1. The number of nitrogens with zero attached hydrogens (tertiary/aromatic N) is 2. The first-order chi connectivity index (χ1) is 8.63. The molecule has 1 amide bonds. The lowest BCUT2D eigenvalue weighted by atomic mass is 10.1. The predicted octanol–water partition coefficient (Wildman–Crippen LogP) is 0.295. The highest BCUT2D eigenvalue weighted by atomic mass is 16.5. The summed E-state index contributed by atoms with van der Waals surface area (Å²) in [6.45, 7) is 10.1. The predicted molar refractivity (Wildman–Crippen MR) is 72.4 cm³/mol. The molecule has 0 aromatic carbocycles. The number of carbonyl (C=O) groups is 1. The summed E-state index contributed by atoms with van der Waals surface area (Å²) in [5.74, 6) is 0.247. The third kappa shape index (κ3) is 5.80. The highest BCUT2D eigenvalue weighted by Gasteiger charge is 2.20. The first kappa shape index (κ1) is 15.4. The third-order valence-electron chi connectivity index (χ3n) is 3.29. The summed E-state index contributed by atoms with van der Waals surface area (Å²) in [5.41, 5.74) is 5.67. The van der Waals surface area contributed by atoms with Crippen LogP contribution >= 0.6 is 0 Å². The Labute approximate surface area is 110 Å². The molecule has 0 radical (unpaired) electrons. The summed E-state index contributed by atoms with van der Waals surface area (Å²) in [6, 6.07) is 0.112. The van der Waals surface area contributed by atoms with E-state index in [-0.39, 0.29) is 11.9 Å². The number of nitrogens with two attached hydrogens (primary N) is 1. The molecule has 18 heavy (non-hydrogen) atoms. The van der Waals surface area contributed by atoms with E-state index in [9.17, 15) is 4.79 Å². The van der Waals surface area contributed by atoms with Crippen LogP contribution in [0.1, 0.15) is 26.7 Å². The highest BCUT2D eigenvalue weighted by molar-refractivity contribution is 5.76. The Kier molecular flexibility index (Phi) is 7.23. The molecular weight excluding hydrogens is 230 g/mol. The number of ether oxygens (including phenoxy) is 1. The van der Waals surface area contributed by atoms with Crippen molar-refractivity contribution in [3.8, 4) is 0 Å². The fraction of sp³-hybridized carbons (Fsp3) is 0.923. The van der Waals surface area contributed by atoms with Crippen LogP contribution in [0, 0.1) is 0 Å². The molecule has 1 atom stereocenters. The number of carbonyl (C=O) groups excluding carboxylic acids is 1. The standard InChI is InChI=1S/C13H27N3O2/c1-3-18-11-10-15-6-8-16(9-7-15)13(17)5-4-12(2)14/h12H,3-11,14H2,1-2H3. The average Bonchev–Trinajstić information content (AvgIpc) is 2.37. The van der Waals surface area contributed by atoms with Gasteiger partial charge in [0.1, 0.15) is 0 Å². The van der Waals surface area contributed by atoms with Crippen molar-refractivity contribution >= 4 is 5.91 Å². The molecular formula is C13H27N3O2. The summed E-state index contributed by atoms with van der Waals surface area (Å²) >= 11 is 0. The third-order valence-corrected chi connectivity index (χ3v) is 3.29. The summed E-state index contributed by atoms with van der Waals surface area (Å²) in [6.07, 6.45) is 1.36. The van der Waals surface area contributed by atoms with E-state index in [1.807, 2.05) is 18.7 Å². The van der Waals surface area contributed by atoms with Crippen molar-refractivity contribution < 1.29 is 9.53 Å². The van der Waals surface area contributed by atoms with Gasteiger partial charge in [-0.1, -0.05) is 0 Å². The van der Waals surface area contributed by atoms with Gasteiger partial charge in [-0.15, -0.1) is 0 Å². The van der Waals surface area contributed by atoms with Crippen molar-refractivity contribution in [2.75, 3.05) is 45.9 Å². The minimum absolute atomic E-state index is 0.112. The molecule has 5 nitrogen and oxygen atoms in total. The second-order valence-electron chi connectivity index (χ2n) is 4.94. The van der Waals surface area contributed by atoms with Crippen molar-refractivity contribution in [1.29, 1.82) is 0 Å². The van der Waals surface area contributed by atoms with E-state index >= 15 is 0 Å². The topological polar surface area (TPSA) is 58.8 Å². The summed E-state index contributed by atoms with van der Waals surface area (Å²) in [5, 5.41) is 0. The van der Waals surface area contributed by atoms with Crippen molar-refractivity contribution in [2.24, 2.45) is 5.73 Å². The van der Waals surface area contributed by atoms with E-state index in [0.29, 0.717) is 6.42 Å². The minimum Gasteiger partial charge on any atom is -0.380 e. The maximum absolute atomic E-state index is 11.9.